The Bertz CT molecular complexity index is 1450. The summed E-state index contributed by atoms with van der Waals surface area (Å²) < 4.78 is 23.7. The fourth-order valence-corrected chi connectivity index (χ4v) is 4.66. The lowest BCUT2D eigenvalue weighted by molar-refractivity contribution is -0.166. The first-order chi connectivity index (χ1) is 20.6. The zero-order valence-corrected chi connectivity index (χ0v) is 22.8. The van der Waals surface area contributed by atoms with Crippen molar-refractivity contribution in [1.82, 2.24) is 5.32 Å². The Balaban J connectivity index is 1.41. The van der Waals surface area contributed by atoms with E-state index in [1.807, 2.05) is 30.3 Å². The van der Waals surface area contributed by atoms with Gasteiger partial charge < -0.3 is 24.3 Å². The molecule has 8 heteroatoms. The first kappa shape index (κ1) is 28.7. The smallest absolute Gasteiger partial charge is 0.338 e. The standard InChI is InChI=1S/C34H31NO7/c36-32(25-15-7-2-8-16-25)40-23-29-31(42-34(38)27-19-11-4-12-20-27)30(41-33(37)26-17-9-3-10-18-26)28(22-39-29)35-21-24-13-5-1-6-14-24/h1-20,28-31,35H,21-23H2/t28-,29+,30+,31+/m0/s1. The van der Waals surface area contributed by atoms with Gasteiger partial charge in [0, 0.05) is 6.54 Å². The molecule has 0 amide bonds. The van der Waals surface area contributed by atoms with Gasteiger partial charge >= 0.3 is 17.9 Å². The third-order valence-corrected chi connectivity index (χ3v) is 6.88. The van der Waals surface area contributed by atoms with Crippen molar-refractivity contribution < 1.29 is 33.3 Å². The largest absolute Gasteiger partial charge is 0.459 e. The van der Waals surface area contributed by atoms with E-state index in [9.17, 15) is 14.4 Å². The molecule has 214 valence electrons. The lowest BCUT2D eigenvalue weighted by Gasteiger charge is -2.41. The summed E-state index contributed by atoms with van der Waals surface area (Å²) in [6.45, 7) is 0.360. The summed E-state index contributed by atoms with van der Waals surface area (Å²) in [5.41, 5.74) is 2.07. The van der Waals surface area contributed by atoms with E-state index in [0.717, 1.165) is 5.56 Å². The maximum absolute atomic E-state index is 13.3. The number of carbonyl (C=O) groups is 3. The number of rotatable bonds is 10. The molecule has 0 spiro atoms. The second kappa shape index (κ2) is 14.2. The minimum absolute atomic E-state index is 0.118. The van der Waals surface area contributed by atoms with Gasteiger partial charge in [0.2, 0.25) is 0 Å². The van der Waals surface area contributed by atoms with Crippen LogP contribution in [0.3, 0.4) is 0 Å². The molecule has 8 nitrogen and oxygen atoms in total. The SMILES string of the molecule is O=C(OC[C@H]1OC[C@H](NCc2ccccc2)[C@@H](OC(=O)c2ccccc2)[C@@H]1OC(=O)c1ccccc1)c1ccccc1. The summed E-state index contributed by atoms with van der Waals surface area (Å²) in [4.78, 5) is 39.3. The highest BCUT2D eigenvalue weighted by Gasteiger charge is 2.46. The Morgan fingerprint density at radius 2 is 1.07 bits per heavy atom. The third-order valence-electron chi connectivity index (χ3n) is 6.88. The molecule has 0 unspecified atom stereocenters. The van der Waals surface area contributed by atoms with Gasteiger partial charge in [-0.15, -0.1) is 0 Å². The van der Waals surface area contributed by atoms with Crippen LogP contribution in [0.25, 0.3) is 0 Å². The molecule has 1 heterocycles. The molecule has 1 fully saturated rings. The van der Waals surface area contributed by atoms with Crippen LogP contribution in [0, 0.1) is 0 Å². The molecule has 5 rings (SSSR count). The van der Waals surface area contributed by atoms with Crippen LogP contribution >= 0.6 is 0 Å². The average Bonchev–Trinajstić information content (AvgIpc) is 3.05. The molecule has 1 saturated heterocycles. The molecule has 1 aliphatic rings. The number of esters is 3. The molecule has 42 heavy (non-hydrogen) atoms. The van der Waals surface area contributed by atoms with Gasteiger partial charge in [0.25, 0.3) is 0 Å². The molecular weight excluding hydrogens is 534 g/mol. The summed E-state index contributed by atoms with van der Waals surface area (Å²) in [5, 5.41) is 3.40. The van der Waals surface area contributed by atoms with E-state index in [4.69, 9.17) is 18.9 Å². The fourth-order valence-electron chi connectivity index (χ4n) is 4.66. The van der Waals surface area contributed by atoms with Gasteiger partial charge in [-0.1, -0.05) is 84.9 Å². The molecule has 1 N–H and O–H groups in total. The minimum Gasteiger partial charge on any atom is -0.459 e. The Morgan fingerprint density at radius 1 is 0.619 bits per heavy atom. The molecule has 4 aromatic carbocycles. The molecule has 4 atom stereocenters. The van der Waals surface area contributed by atoms with Crippen LogP contribution in [-0.4, -0.2) is 55.5 Å². The number of hydrogen-bond donors (Lipinski definition) is 1. The van der Waals surface area contributed by atoms with Crippen LogP contribution in [0.4, 0.5) is 0 Å². The van der Waals surface area contributed by atoms with E-state index < -0.39 is 42.3 Å². The van der Waals surface area contributed by atoms with Crippen molar-refractivity contribution in [2.45, 2.75) is 30.9 Å². The topological polar surface area (TPSA) is 100 Å². The second-order valence-corrected chi connectivity index (χ2v) is 9.78. The summed E-state index contributed by atoms with van der Waals surface area (Å²) in [6.07, 6.45) is -2.94. The van der Waals surface area contributed by atoms with Gasteiger partial charge in [0.15, 0.2) is 12.2 Å². The fraction of sp³-hybridized carbons (Fsp3) is 0.206. The van der Waals surface area contributed by atoms with Crippen LogP contribution in [0.1, 0.15) is 36.6 Å². The maximum atomic E-state index is 13.3. The summed E-state index contributed by atoms with van der Waals surface area (Å²) in [6, 6.07) is 34.9. The van der Waals surface area contributed by atoms with Crippen LogP contribution in [0.5, 0.6) is 0 Å². The predicted octanol–water partition coefficient (Wildman–Crippen LogP) is 4.85. The van der Waals surface area contributed by atoms with Crippen molar-refractivity contribution in [3.05, 3.63) is 144 Å². The van der Waals surface area contributed by atoms with Crippen LogP contribution < -0.4 is 5.32 Å². The molecule has 0 bridgehead atoms. The number of hydrogen-bond acceptors (Lipinski definition) is 8. The number of nitrogens with one attached hydrogen (secondary N) is 1. The van der Waals surface area contributed by atoms with Gasteiger partial charge in [0.05, 0.1) is 29.3 Å². The van der Waals surface area contributed by atoms with E-state index in [-0.39, 0.29) is 13.2 Å². The van der Waals surface area contributed by atoms with Crippen molar-refractivity contribution >= 4 is 17.9 Å². The third kappa shape index (κ3) is 7.48. The number of ether oxygens (including phenoxy) is 4. The quantitative estimate of drug-likeness (QED) is 0.215. The van der Waals surface area contributed by atoms with Gasteiger partial charge in [-0.25, -0.2) is 14.4 Å². The molecule has 0 aliphatic carbocycles. The molecule has 4 aromatic rings. The summed E-state index contributed by atoms with van der Waals surface area (Å²) in [7, 11) is 0. The van der Waals surface area contributed by atoms with Crippen molar-refractivity contribution in [2.24, 2.45) is 0 Å². The van der Waals surface area contributed by atoms with Crippen molar-refractivity contribution in [3.8, 4) is 0 Å². The van der Waals surface area contributed by atoms with E-state index in [1.54, 1.807) is 91.0 Å². The van der Waals surface area contributed by atoms with Crippen molar-refractivity contribution in [1.29, 1.82) is 0 Å². The van der Waals surface area contributed by atoms with Crippen molar-refractivity contribution in [3.63, 3.8) is 0 Å². The van der Waals surface area contributed by atoms with Gasteiger partial charge in [-0.3, -0.25) is 0 Å². The molecule has 1 aliphatic heterocycles. The Kier molecular flexibility index (Phi) is 9.72. The normalized spacial score (nSPS) is 19.8. The van der Waals surface area contributed by atoms with E-state index >= 15 is 0 Å². The number of carbonyl (C=O) groups excluding carboxylic acids is 3. The molecular formula is C34H31NO7. The van der Waals surface area contributed by atoms with Gasteiger partial charge in [0.1, 0.15) is 12.7 Å². The molecule has 0 aromatic heterocycles. The van der Waals surface area contributed by atoms with Crippen LogP contribution in [0.2, 0.25) is 0 Å². The highest BCUT2D eigenvalue weighted by molar-refractivity contribution is 5.91. The zero-order valence-electron chi connectivity index (χ0n) is 22.8. The first-order valence-corrected chi connectivity index (χ1v) is 13.7. The monoisotopic (exact) mass is 565 g/mol. The van der Waals surface area contributed by atoms with Gasteiger partial charge in [-0.05, 0) is 42.0 Å². The minimum atomic E-state index is -1.09. The first-order valence-electron chi connectivity index (χ1n) is 13.7. The second-order valence-electron chi connectivity index (χ2n) is 9.78. The Labute approximate surface area is 244 Å². The maximum Gasteiger partial charge on any atom is 0.338 e. The highest BCUT2D eigenvalue weighted by Crippen LogP contribution is 2.25. The van der Waals surface area contributed by atoms with E-state index in [0.29, 0.717) is 23.2 Å². The highest BCUT2D eigenvalue weighted by atomic mass is 16.6. The molecule has 0 saturated carbocycles. The van der Waals surface area contributed by atoms with Gasteiger partial charge in [-0.2, -0.15) is 0 Å². The molecule has 0 radical (unpaired) electrons. The average molecular weight is 566 g/mol. The lowest BCUT2D eigenvalue weighted by atomic mass is 9.97. The Morgan fingerprint density at radius 3 is 1.60 bits per heavy atom. The number of benzene rings is 4. The predicted molar refractivity (Wildman–Crippen MR) is 155 cm³/mol. The summed E-state index contributed by atoms with van der Waals surface area (Å²) in [5.74, 6) is -1.74. The summed E-state index contributed by atoms with van der Waals surface area (Å²) >= 11 is 0. The zero-order chi connectivity index (χ0) is 29.1. The van der Waals surface area contributed by atoms with Crippen LogP contribution in [0.15, 0.2) is 121 Å². The van der Waals surface area contributed by atoms with Crippen molar-refractivity contribution in [2.75, 3.05) is 13.2 Å². The Hall–Kier alpha value is -4.79. The lowest BCUT2D eigenvalue weighted by Crippen LogP contribution is -2.61. The van der Waals surface area contributed by atoms with Crippen LogP contribution in [-0.2, 0) is 25.5 Å². The van der Waals surface area contributed by atoms with E-state index in [2.05, 4.69) is 5.32 Å². The van der Waals surface area contributed by atoms with E-state index in [1.165, 1.54) is 0 Å².